The first-order chi connectivity index (χ1) is 8.33. The molecule has 2 bridgehead atoms. The fraction of sp³-hybridized carbons (Fsp3) is 1.00. The number of nitrogens with two attached hydrogens (primary N) is 1. The SMILES string of the molecule is NC(CCCC1CCCO1)C1CC2CCC1C2. The van der Waals surface area contributed by atoms with Gasteiger partial charge in [0.15, 0.2) is 0 Å². The summed E-state index contributed by atoms with van der Waals surface area (Å²) in [5.41, 5.74) is 6.41. The molecule has 98 valence electrons. The quantitative estimate of drug-likeness (QED) is 0.797. The van der Waals surface area contributed by atoms with Gasteiger partial charge in [0.25, 0.3) is 0 Å². The molecule has 2 aliphatic carbocycles. The predicted molar refractivity (Wildman–Crippen MR) is 69.7 cm³/mol. The summed E-state index contributed by atoms with van der Waals surface area (Å²) in [5.74, 6) is 2.88. The minimum Gasteiger partial charge on any atom is -0.378 e. The highest BCUT2D eigenvalue weighted by Gasteiger charge is 2.41. The first-order valence-corrected chi connectivity index (χ1v) is 7.70. The maximum absolute atomic E-state index is 6.41. The van der Waals surface area contributed by atoms with Crippen LogP contribution in [0.2, 0.25) is 0 Å². The molecule has 3 fully saturated rings. The molecule has 5 atom stereocenters. The van der Waals surface area contributed by atoms with Gasteiger partial charge in [0, 0.05) is 12.6 Å². The third-order valence-electron chi connectivity index (χ3n) is 5.43. The van der Waals surface area contributed by atoms with E-state index in [0.717, 1.165) is 24.4 Å². The maximum Gasteiger partial charge on any atom is 0.0576 e. The Morgan fingerprint density at radius 1 is 1.18 bits per heavy atom. The van der Waals surface area contributed by atoms with E-state index in [2.05, 4.69) is 0 Å². The van der Waals surface area contributed by atoms with Gasteiger partial charge in [-0.3, -0.25) is 0 Å². The Bertz CT molecular complexity index is 249. The van der Waals surface area contributed by atoms with Gasteiger partial charge in [0.05, 0.1) is 6.10 Å². The van der Waals surface area contributed by atoms with Gasteiger partial charge >= 0.3 is 0 Å². The van der Waals surface area contributed by atoms with Crippen LogP contribution in [0.4, 0.5) is 0 Å². The van der Waals surface area contributed by atoms with E-state index in [1.165, 1.54) is 57.8 Å². The van der Waals surface area contributed by atoms with Crippen molar-refractivity contribution in [1.29, 1.82) is 0 Å². The first kappa shape index (κ1) is 12.0. The highest BCUT2D eigenvalue weighted by molar-refractivity contribution is 4.94. The minimum atomic E-state index is 0.478. The second-order valence-electron chi connectivity index (χ2n) is 6.57. The van der Waals surface area contributed by atoms with Gasteiger partial charge in [0.1, 0.15) is 0 Å². The average Bonchev–Trinajstić information content (AvgIpc) is 3.05. The van der Waals surface area contributed by atoms with Crippen LogP contribution < -0.4 is 5.73 Å². The Morgan fingerprint density at radius 2 is 2.12 bits per heavy atom. The third-order valence-corrected chi connectivity index (χ3v) is 5.43. The molecule has 0 aromatic heterocycles. The lowest BCUT2D eigenvalue weighted by molar-refractivity contribution is 0.100. The summed E-state index contributed by atoms with van der Waals surface area (Å²) in [5, 5.41) is 0. The van der Waals surface area contributed by atoms with Crippen molar-refractivity contribution in [2.24, 2.45) is 23.5 Å². The van der Waals surface area contributed by atoms with Crippen LogP contribution in [0.15, 0.2) is 0 Å². The van der Waals surface area contributed by atoms with Crippen molar-refractivity contribution in [2.45, 2.75) is 69.9 Å². The van der Waals surface area contributed by atoms with Crippen LogP contribution in [0.5, 0.6) is 0 Å². The molecule has 17 heavy (non-hydrogen) atoms. The van der Waals surface area contributed by atoms with E-state index in [1.807, 2.05) is 0 Å². The lowest BCUT2D eigenvalue weighted by Crippen LogP contribution is -2.33. The van der Waals surface area contributed by atoms with Crippen LogP contribution in [-0.2, 0) is 4.74 Å². The molecule has 3 rings (SSSR count). The fourth-order valence-corrected chi connectivity index (χ4v) is 4.49. The van der Waals surface area contributed by atoms with Gasteiger partial charge < -0.3 is 10.5 Å². The lowest BCUT2D eigenvalue weighted by Gasteiger charge is -2.28. The van der Waals surface area contributed by atoms with Crippen LogP contribution in [0.3, 0.4) is 0 Å². The number of hydrogen-bond donors (Lipinski definition) is 1. The zero-order valence-corrected chi connectivity index (χ0v) is 10.9. The molecular formula is C15H27NO. The third kappa shape index (κ3) is 2.68. The summed E-state index contributed by atoms with van der Waals surface area (Å²) in [6.45, 7) is 0.989. The number of ether oxygens (including phenoxy) is 1. The fourth-order valence-electron chi connectivity index (χ4n) is 4.49. The zero-order valence-electron chi connectivity index (χ0n) is 10.9. The van der Waals surface area contributed by atoms with E-state index in [1.54, 1.807) is 0 Å². The number of hydrogen-bond acceptors (Lipinski definition) is 2. The topological polar surface area (TPSA) is 35.2 Å². The predicted octanol–water partition coefficient (Wildman–Crippen LogP) is 3.10. The Morgan fingerprint density at radius 3 is 2.76 bits per heavy atom. The van der Waals surface area contributed by atoms with E-state index in [4.69, 9.17) is 10.5 Å². The average molecular weight is 237 g/mol. The van der Waals surface area contributed by atoms with Crippen molar-refractivity contribution in [1.82, 2.24) is 0 Å². The van der Waals surface area contributed by atoms with Gasteiger partial charge in [-0.15, -0.1) is 0 Å². The summed E-state index contributed by atoms with van der Waals surface area (Å²) < 4.78 is 5.67. The summed E-state index contributed by atoms with van der Waals surface area (Å²) in [6.07, 6.45) is 12.7. The summed E-state index contributed by atoms with van der Waals surface area (Å²) >= 11 is 0. The van der Waals surface area contributed by atoms with Crippen LogP contribution in [0.25, 0.3) is 0 Å². The van der Waals surface area contributed by atoms with Crippen molar-refractivity contribution in [3.05, 3.63) is 0 Å². The highest BCUT2D eigenvalue weighted by Crippen LogP contribution is 2.49. The van der Waals surface area contributed by atoms with Gasteiger partial charge in [-0.25, -0.2) is 0 Å². The maximum atomic E-state index is 6.41. The Kier molecular flexibility index (Phi) is 3.72. The molecule has 2 heteroatoms. The van der Waals surface area contributed by atoms with Gasteiger partial charge in [-0.05, 0) is 69.1 Å². The lowest BCUT2D eigenvalue weighted by atomic mass is 9.82. The van der Waals surface area contributed by atoms with Crippen molar-refractivity contribution in [3.63, 3.8) is 0 Å². The normalized spacial score (nSPS) is 42.2. The molecule has 1 aliphatic heterocycles. The van der Waals surface area contributed by atoms with E-state index in [0.29, 0.717) is 12.1 Å². The van der Waals surface area contributed by atoms with Crippen molar-refractivity contribution >= 4 is 0 Å². The van der Waals surface area contributed by atoms with Crippen LogP contribution >= 0.6 is 0 Å². The molecule has 5 unspecified atom stereocenters. The van der Waals surface area contributed by atoms with Gasteiger partial charge in [-0.2, -0.15) is 0 Å². The monoisotopic (exact) mass is 237 g/mol. The van der Waals surface area contributed by atoms with Crippen molar-refractivity contribution in [2.75, 3.05) is 6.61 Å². The summed E-state index contributed by atoms with van der Waals surface area (Å²) in [7, 11) is 0. The molecule has 0 amide bonds. The standard InChI is InChI=1S/C15H27NO/c16-15(5-1-3-13-4-2-8-17-13)14-10-11-6-7-12(14)9-11/h11-15H,1-10,16H2. The molecule has 1 heterocycles. The zero-order chi connectivity index (χ0) is 11.7. The van der Waals surface area contributed by atoms with E-state index in [9.17, 15) is 0 Å². The van der Waals surface area contributed by atoms with Crippen molar-refractivity contribution < 1.29 is 4.74 Å². The van der Waals surface area contributed by atoms with Gasteiger partial charge in [0.2, 0.25) is 0 Å². The van der Waals surface area contributed by atoms with Crippen LogP contribution in [-0.4, -0.2) is 18.8 Å². The molecule has 3 aliphatic rings. The Hall–Kier alpha value is -0.0800. The van der Waals surface area contributed by atoms with E-state index in [-0.39, 0.29) is 0 Å². The minimum absolute atomic E-state index is 0.478. The molecule has 2 N–H and O–H groups in total. The Balaban J connectivity index is 1.37. The molecule has 1 saturated heterocycles. The summed E-state index contributed by atoms with van der Waals surface area (Å²) in [4.78, 5) is 0. The van der Waals surface area contributed by atoms with Crippen molar-refractivity contribution in [3.8, 4) is 0 Å². The molecule has 0 spiro atoms. The van der Waals surface area contributed by atoms with E-state index >= 15 is 0 Å². The second-order valence-corrected chi connectivity index (χ2v) is 6.57. The molecule has 2 saturated carbocycles. The number of rotatable bonds is 5. The first-order valence-electron chi connectivity index (χ1n) is 7.70. The number of fused-ring (bicyclic) bond motifs is 2. The van der Waals surface area contributed by atoms with Gasteiger partial charge in [-0.1, -0.05) is 6.42 Å². The summed E-state index contributed by atoms with van der Waals surface area (Å²) in [6, 6.07) is 0.478. The second kappa shape index (κ2) is 5.27. The van der Waals surface area contributed by atoms with E-state index < -0.39 is 0 Å². The molecule has 2 nitrogen and oxygen atoms in total. The Labute approximate surface area is 105 Å². The molecular weight excluding hydrogens is 210 g/mol. The molecule has 0 radical (unpaired) electrons. The highest BCUT2D eigenvalue weighted by atomic mass is 16.5. The molecule has 0 aromatic carbocycles. The smallest absolute Gasteiger partial charge is 0.0576 e. The van der Waals surface area contributed by atoms with Crippen LogP contribution in [0, 0.1) is 17.8 Å². The van der Waals surface area contributed by atoms with Crippen LogP contribution in [0.1, 0.15) is 57.8 Å². The molecule has 0 aromatic rings. The largest absolute Gasteiger partial charge is 0.378 e.